The van der Waals surface area contributed by atoms with Gasteiger partial charge in [-0.3, -0.25) is 0 Å². The Hall–Kier alpha value is -4.04. The predicted molar refractivity (Wildman–Crippen MR) is 130 cm³/mol. The molecule has 1 N–H and O–H groups in total. The van der Waals surface area contributed by atoms with E-state index in [1.807, 2.05) is 0 Å². The van der Waals surface area contributed by atoms with Crippen molar-refractivity contribution in [3.63, 3.8) is 0 Å². The van der Waals surface area contributed by atoms with Crippen molar-refractivity contribution in [2.24, 2.45) is 0 Å². The SMILES string of the molecule is [HH].c1ccc(-n2c3ccccc3c3c4ccccc4c4c5ccccc5[nH]c4c32)cc1. The first-order valence-electron chi connectivity index (χ1n) is 10.3. The molecule has 2 heteroatoms. The zero-order valence-corrected chi connectivity index (χ0v) is 16.3. The normalized spacial score (nSPS) is 12.0. The molecule has 0 spiro atoms. The number of aromatic nitrogens is 2. The highest BCUT2D eigenvalue weighted by atomic mass is 15.0. The largest absolute Gasteiger partial charge is 0.353 e. The highest BCUT2D eigenvalue weighted by Gasteiger charge is 2.20. The van der Waals surface area contributed by atoms with Crippen molar-refractivity contribution in [3.8, 4) is 5.69 Å². The van der Waals surface area contributed by atoms with E-state index in [2.05, 4.69) is 113 Å². The van der Waals surface area contributed by atoms with Gasteiger partial charge in [0.25, 0.3) is 0 Å². The maximum Gasteiger partial charge on any atom is 0.0789 e. The summed E-state index contributed by atoms with van der Waals surface area (Å²) in [4.78, 5) is 3.76. The highest BCUT2D eigenvalue weighted by molar-refractivity contribution is 6.35. The van der Waals surface area contributed by atoms with Gasteiger partial charge in [0.1, 0.15) is 0 Å². The molecule has 0 amide bonds. The van der Waals surface area contributed by atoms with Gasteiger partial charge in [0.2, 0.25) is 0 Å². The van der Waals surface area contributed by atoms with Crippen LogP contribution in [0.2, 0.25) is 0 Å². The molecule has 0 unspecified atom stereocenters. The number of para-hydroxylation sites is 3. The summed E-state index contributed by atoms with van der Waals surface area (Å²) in [5.74, 6) is 0. The van der Waals surface area contributed by atoms with Gasteiger partial charge in [-0.2, -0.15) is 0 Å². The second-order valence-electron chi connectivity index (χ2n) is 7.88. The molecule has 2 aromatic heterocycles. The Morgan fingerprint density at radius 2 is 1.13 bits per heavy atom. The topological polar surface area (TPSA) is 20.7 Å². The van der Waals surface area contributed by atoms with Gasteiger partial charge in [-0.25, -0.2) is 0 Å². The van der Waals surface area contributed by atoms with Crippen LogP contribution < -0.4 is 0 Å². The molecule has 0 radical (unpaired) electrons. The number of nitrogens with zero attached hydrogens (tertiary/aromatic N) is 1. The van der Waals surface area contributed by atoms with Gasteiger partial charge in [0, 0.05) is 34.2 Å². The summed E-state index contributed by atoms with van der Waals surface area (Å²) >= 11 is 0. The van der Waals surface area contributed by atoms with Crippen molar-refractivity contribution in [2.45, 2.75) is 0 Å². The fourth-order valence-electron chi connectivity index (χ4n) is 5.11. The number of rotatable bonds is 1. The van der Waals surface area contributed by atoms with Crippen LogP contribution in [0.15, 0.2) is 103 Å². The minimum Gasteiger partial charge on any atom is -0.353 e. The lowest BCUT2D eigenvalue weighted by atomic mass is 9.99. The summed E-state index contributed by atoms with van der Waals surface area (Å²) < 4.78 is 2.41. The number of nitrogens with one attached hydrogen (secondary N) is 1. The van der Waals surface area contributed by atoms with Crippen LogP contribution in [0.1, 0.15) is 1.43 Å². The predicted octanol–water partition coefficient (Wildman–Crippen LogP) is 7.82. The number of fused-ring (bicyclic) bond motifs is 10. The summed E-state index contributed by atoms with van der Waals surface area (Å²) in [5.41, 5.74) is 6.03. The number of hydrogen-bond donors (Lipinski definition) is 1. The third-order valence-electron chi connectivity index (χ3n) is 6.30. The number of hydrogen-bond acceptors (Lipinski definition) is 0. The maximum absolute atomic E-state index is 3.76. The van der Waals surface area contributed by atoms with Crippen LogP contribution >= 0.6 is 0 Å². The van der Waals surface area contributed by atoms with Crippen molar-refractivity contribution in [1.82, 2.24) is 9.55 Å². The molecule has 7 aromatic rings. The number of aromatic amines is 1. The summed E-state index contributed by atoms with van der Waals surface area (Å²) in [5, 5.41) is 7.77. The first-order chi connectivity index (χ1) is 14.9. The molecule has 0 bridgehead atoms. The first kappa shape index (κ1) is 15.8. The van der Waals surface area contributed by atoms with E-state index >= 15 is 0 Å². The quantitative estimate of drug-likeness (QED) is 0.298. The summed E-state index contributed by atoms with van der Waals surface area (Å²) in [6.07, 6.45) is 0. The standard InChI is InChI=1S/C28H18N2.H2/c1-2-10-18(11-3-1)30-24-17-9-7-15-22(24)26-20-13-5-4-12-19(20)25-21-14-6-8-16-23(21)29-27(25)28(26)30;/h1-17,29H;1H. The zero-order valence-electron chi connectivity index (χ0n) is 16.3. The summed E-state index contributed by atoms with van der Waals surface area (Å²) in [6.45, 7) is 0. The van der Waals surface area contributed by atoms with E-state index in [-0.39, 0.29) is 1.43 Å². The molecule has 0 fully saturated rings. The molecule has 5 aromatic carbocycles. The number of H-pyrrole nitrogens is 1. The van der Waals surface area contributed by atoms with Gasteiger partial charge in [0.05, 0.1) is 16.6 Å². The molecule has 0 atom stereocenters. The Morgan fingerprint density at radius 3 is 1.93 bits per heavy atom. The lowest BCUT2D eigenvalue weighted by Crippen LogP contribution is -1.94. The molecular weight excluding hydrogens is 364 g/mol. The van der Waals surface area contributed by atoms with Gasteiger partial charge in [0.15, 0.2) is 0 Å². The van der Waals surface area contributed by atoms with Crippen LogP contribution in [0.5, 0.6) is 0 Å². The molecule has 0 aliphatic rings. The van der Waals surface area contributed by atoms with E-state index in [0.29, 0.717) is 0 Å². The fourth-order valence-corrected chi connectivity index (χ4v) is 5.11. The van der Waals surface area contributed by atoms with Gasteiger partial charge < -0.3 is 9.55 Å². The minimum atomic E-state index is 0. The molecule has 30 heavy (non-hydrogen) atoms. The Bertz CT molecular complexity index is 1740. The molecule has 0 saturated heterocycles. The van der Waals surface area contributed by atoms with E-state index in [0.717, 1.165) is 0 Å². The monoisotopic (exact) mass is 384 g/mol. The van der Waals surface area contributed by atoms with Crippen molar-refractivity contribution in [1.29, 1.82) is 0 Å². The van der Waals surface area contributed by atoms with E-state index in [1.165, 1.54) is 60.1 Å². The highest BCUT2D eigenvalue weighted by Crippen LogP contribution is 2.44. The van der Waals surface area contributed by atoms with E-state index in [9.17, 15) is 0 Å². The van der Waals surface area contributed by atoms with Crippen LogP contribution in [0.3, 0.4) is 0 Å². The number of benzene rings is 5. The first-order valence-corrected chi connectivity index (χ1v) is 10.3. The van der Waals surface area contributed by atoms with Gasteiger partial charge in [-0.1, -0.05) is 78.9 Å². The average Bonchev–Trinajstić information content (AvgIpc) is 3.36. The lowest BCUT2D eigenvalue weighted by Gasteiger charge is -2.10. The molecule has 142 valence electrons. The van der Waals surface area contributed by atoms with E-state index in [1.54, 1.807) is 0 Å². The lowest BCUT2D eigenvalue weighted by molar-refractivity contribution is 1.18. The Morgan fingerprint density at radius 1 is 0.533 bits per heavy atom. The smallest absolute Gasteiger partial charge is 0.0789 e. The molecule has 0 aliphatic carbocycles. The van der Waals surface area contributed by atoms with Crippen LogP contribution in [-0.4, -0.2) is 9.55 Å². The van der Waals surface area contributed by atoms with E-state index in [4.69, 9.17) is 0 Å². The Kier molecular flexibility index (Phi) is 3.03. The van der Waals surface area contributed by atoms with E-state index < -0.39 is 0 Å². The second-order valence-corrected chi connectivity index (χ2v) is 7.88. The molecule has 7 rings (SSSR count). The third-order valence-corrected chi connectivity index (χ3v) is 6.30. The Labute approximate surface area is 174 Å². The molecule has 0 saturated carbocycles. The van der Waals surface area contributed by atoms with Crippen LogP contribution in [0.4, 0.5) is 0 Å². The van der Waals surface area contributed by atoms with Gasteiger partial charge >= 0.3 is 0 Å². The van der Waals surface area contributed by atoms with Crippen molar-refractivity contribution >= 4 is 54.4 Å². The fraction of sp³-hybridized carbons (Fsp3) is 0. The van der Waals surface area contributed by atoms with Crippen molar-refractivity contribution in [3.05, 3.63) is 103 Å². The van der Waals surface area contributed by atoms with Crippen molar-refractivity contribution < 1.29 is 1.43 Å². The summed E-state index contributed by atoms with van der Waals surface area (Å²) in [7, 11) is 0. The molecular formula is C28H20N2. The molecule has 2 heterocycles. The third kappa shape index (κ3) is 1.93. The maximum atomic E-state index is 3.76. The van der Waals surface area contributed by atoms with Crippen LogP contribution in [-0.2, 0) is 0 Å². The van der Waals surface area contributed by atoms with Gasteiger partial charge in [-0.15, -0.1) is 0 Å². The van der Waals surface area contributed by atoms with Gasteiger partial charge in [-0.05, 0) is 35.0 Å². The average molecular weight is 384 g/mol. The van der Waals surface area contributed by atoms with Crippen molar-refractivity contribution in [2.75, 3.05) is 0 Å². The molecule has 2 nitrogen and oxygen atoms in total. The summed E-state index contributed by atoms with van der Waals surface area (Å²) in [6, 6.07) is 36.9. The van der Waals surface area contributed by atoms with Crippen LogP contribution in [0.25, 0.3) is 60.1 Å². The zero-order chi connectivity index (χ0) is 19.7. The minimum absolute atomic E-state index is 0. The molecule has 0 aliphatic heterocycles. The Balaban J connectivity index is 0.00000185. The second kappa shape index (κ2) is 5.74. The van der Waals surface area contributed by atoms with Crippen LogP contribution in [0, 0.1) is 0 Å².